The van der Waals surface area contributed by atoms with Crippen LogP contribution in [0.3, 0.4) is 0 Å². The van der Waals surface area contributed by atoms with Crippen LogP contribution in [0.5, 0.6) is 11.5 Å². The molecule has 3 rings (SSSR count). The highest BCUT2D eigenvalue weighted by atomic mass is 16.5. The molecule has 3 aromatic rings. The first-order valence-electron chi connectivity index (χ1n) is 8.27. The van der Waals surface area contributed by atoms with Crippen molar-refractivity contribution in [2.24, 2.45) is 5.73 Å². The molecule has 27 heavy (non-hydrogen) atoms. The van der Waals surface area contributed by atoms with Gasteiger partial charge in [-0.05, 0) is 60.7 Å². The first-order chi connectivity index (χ1) is 13.1. The predicted molar refractivity (Wildman–Crippen MR) is 99.9 cm³/mol. The second kappa shape index (κ2) is 8.23. The summed E-state index contributed by atoms with van der Waals surface area (Å²) in [5, 5.41) is 18.8. The van der Waals surface area contributed by atoms with Gasteiger partial charge in [-0.25, -0.2) is 4.98 Å². The molecule has 6 heteroatoms. The van der Waals surface area contributed by atoms with Crippen LogP contribution in [0, 0.1) is 11.3 Å². The van der Waals surface area contributed by atoms with E-state index in [0.717, 1.165) is 5.56 Å². The molecule has 6 nitrogen and oxygen atoms in total. The zero-order valence-corrected chi connectivity index (χ0v) is 14.4. The van der Waals surface area contributed by atoms with Gasteiger partial charge in [-0.15, -0.1) is 0 Å². The van der Waals surface area contributed by atoms with Crippen molar-refractivity contribution in [1.29, 1.82) is 5.26 Å². The van der Waals surface area contributed by atoms with Crippen LogP contribution in [0.1, 0.15) is 17.4 Å². The van der Waals surface area contributed by atoms with E-state index < -0.39 is 11.9 Å². The van der Waals surface area contributed by atoms with E-state index in [2.05, 4.69) is 11.1 Å². The Kier molecular flexibility index (Phi) is 5.57. The van der Waals surface area contributed by atoms with Crippen LogP contribution < -0.4 is 10.5 Å². The van der Waals surface area contributed by atoms with E-state index in [0.29, 0.717) is 22.8 Å². The van der Waals surface area contributed by atoms with Crippen LogP contribution >= 0.6 is 0 Å². The number of pyridine rings is 1. The Bertz CT molecular complexity index is 977. The van der Waals surface area contributed by atoms with Crippen molar-refractivity contribution in [2.75, 3.05) is 6.54 Å². The van der Waals surface area contributed by atoms with Gasteiger partial charge >= 0.3 is 0 Å². The number of nitrogens with zero attached hydrogens (tertiary/aromatic N) is 2. The number of ether oxygens (including phenoxy) is 1. The van der Waals surface area contributed by atoms with Gasteiger partial charge in [0.05, 0.1) is 29.6 Å². The van der Waals surface area contributed by atoms with Gasteiger partial charge in [0.15, 0.2) is 11.9 Å². The molecular formula is C21H17N3O3. The summed E-state index contributed by atoms with van der Waals surface area (Å²) in [7, 11) is 0. The molecule has 134 valence electrons. The minimum atomic E-state index is -1.33. The smallest absolute Gasteiger partial charge is 0.180 e. The average Bonchev–Trinajstić information content (AvgIpc) is 2.74. The van der Waals surface area contributed by atoms with E-state index in [9.17, 15) is 9.90 Å². The maximum atomic E-state index is 11.6. The number of aliphatic hydroxyl groups is 1. The number of benzene rings is 2. The molecule has 0 spiro atoms. The van der Waals surface area contributed by atoms with Crippen LogP contribution in [0.2, 0.25) is 0 Å². The summed E-state index contributed by atoms with van der Waals surface area (Å²) >= 11 is 0. The zero-order chi connectivity index (χ0) is 19.2. The summed E-state index contributed by atoms with van der Waals surface area (Å²) in [5.41, 5.74) is 7.56. The largest absolute Gasteiger partial charge is 0.457 e. The molecule has 2 aromatic carbocycles. The van der Waals surface area contributed by atoms with Gasteiger partial charge in [0.2, 0.25) is 0 Å². The number of hydrogen-bond acceptors (Lipinski definition) is 6. The Labute approximate surface area is 156 Å². The van der Waals surface area contributed by atoms with Crippen LogP contribution in [-0.2, 0) is 4.79 Å². The van der Waals surface area contributed by atoms with Gasteiger partial charge < -0.3 is 15.6 Å². The number of ketones is 1. The first-order valence-corrected chi connectivity index (χ1v) is 8.27. The lowest BCUT2D eigenvalue weighted by Gasteiger charge is -2.10. The van der Waals surface area contributed by atoms with Crippen molar-refractivity contribution >= 4 is 5.78 Å². The van der Waals surface area contributed by atoms with E-state index in [-0.39, 0.29) is 12.2 Å². The number of nitrogens with two attached hydrogens (primary N) is 1. The summed E-state index contributed by atoms with van der Waals surface area (Å²) < 4.78 is 5.75. The molecule has 0 amide bonds. The third kappa shape index (κ3) is 4.36. The molecule has 0 radical (unpaired) electrons. The van der Waals surface area contributed by atoms with Crippen molar-refractivity contribution in [3.8, 4) is 28.8 Å². The van der Waals surface area contributed by atoms with Crippen LogP contribution in [0.15, 0.2) is 66.7 Å². The number of aromatic nitrogens is 1. The molecule has 0 fully saturated rings. The standard InChI is InChI=1S/C21H17N3O3/c22-12-14-4-8-16(9-5-14)27-17-10-6-15(7-11-17)18-2-1-3-19(24-18)21(26)20(25)13-23/h1-11,21,26H,13,23H2/t21-/m1/s1. The lowest BCUT2D eigenvalue weighted by atomic mass is 10.1. The quantitative estimate of drug-likeness (QED) is 0.700. The lowest BCUT2D eigenvalue weighted by Crippen LogP contribution is -2.22. The van der Waals surface area contributed by atoms with Gasteiger partial charge in [-0.3, -0.25) is 4.79 Å². The molecule has 1 aromatic heterocycles. The van der Waals surface area contributed by atoms with Crippen molar-refractivity contribution in [3.63, 3.8) is 0 Å². The first kappa shape index (κ1) is 18.3. The second-order valence-corrected chi connectivity index (χ2v) is 5.78. The molecule has 0 unspecified atom stereocenters. The molecule has 0 aliphatic rings. The Morgan fingerprint density at radius 3 is 2.30 bits per heavy atom. The highest BCUT2D eigenvalue weighted by molar-refractivity contribution is 5.85. The van der Waals surface area contributed by atoms with E-state index in [1.165, 1.54) is 0 Å². The third-order valence-corrected chi connectivity index (χ3v) is 3.93. The Morgan fingerprint density at radius 1 is 1.07 bits per heavy atom. The van der Waals surface area contributed by atoms with Gasteiger partial charge in [0, 0.05) is 5.56 Å². The number of aliphatic hydroxyl groups excluding tert-OH is 1. The summed E-state index contributed by atoms with van der Waals surface area (Å²) in [6, 6.07) is 21.3. The van der Waals surface area contributed by atoms with Crippen LogP contribution in [-0.4, -0.2) is 22.4 Å². The fourth-order valence-electron chi connectivity index (χ4n) is 2.47. The molecule has 0 bridgehead atoms. The molecule has 0 aliphatic carbocycles. The minimum Gasteiger partial charge on any atom is -0.457 e. The lowest BCUT2D eigenvalue weighted by molar-refractivity contribution is -0.126. The fourth-order valence-corrected chi connectivity index (χ4v) is 2.47. The maximum Gasteiger partial charge on any atom is 0.180 e. The number of rotatable bonds is 6. The van der Waals surface area contributed by atoms with E-state index in [1.807, 2.05) is 12.1 Å². The van der Waals surface area contributed by atoms with Gasteiger partial charge in [0.25, 0.3) is 0 Å². The predicted octanol–water partition coefficient (Wildman–Crippen LogP) is 2.97. The van der Waals surface area contributed by atoms with Crippen molar-refractivity contribution in [2.45, 2.75) is 6.10 Å². The van der Waals surface area contributed by atoms with E-state index in [4.69, 9.17) is 15.7 Å². The Morgan fingerprint density at radius 2 is 1.70 bits per heavy atom. The maximum absolute atomic E-state index is 11.6. The van der Waals surface area contributed by atoms with Gasteiger partial charge in [0.1, 0.15) is 11.5 Å². The Balaban J connectivity index is 1.77. The highest BCUT2D eigenvalue weighted by Crippen LogP contribution is 2.26. The SMILES string of the molecule is N#Cc1ccc(Oc2ccc(-c3cccc([C@@H](O)C(=O)CN)n3)cc2)cc1. The summed E-state index contributed by atoms with van der Waals surface area (Å²) in [6.45, 7) is -0.242. The van der Waals surface area contributed by atoms with E-state index in [1.54, 1.807) is 54.6 Å². The molecule has 0 saturated carbocycles. The minimum absolute atomic E-state index is 0.242. The monoisotopic (exact) mass is 359 g/mol. The number of hydrogen-bond donors (Lipinski definition) is 2. The van der Waals surface area contributed by atoms with Gasteiger partial charge in [-0.2, -0.15) is 5.26 Å². The molecule has 0 aliphatic heterocycles. The highest BCUT2D eigenvalue weighted by Gasteiger charge is 2.17. The topological polar surface area (TPSA) is 109 Å². The number of Topliss-reactive ketones (excluding diaryl/α,β-unsaturated/α-hetero) is 1. The summed E-state index contributed by atoms with van der Waals surface area (Å²) in [5.74, 6) is 0.786. The van der Waals surface area contributed by atoms with E-state index >= 15 is 0 Å². The number of carbonyl (C=O) groups excluding carboxylic acids is 1. The van der Waals surface area contributed by atoms with Crippen LogP contribution in [0.4, 0.5) is 0 Å². The third-order valence-electron chi connectivity index (χ3n) is 3.93. The van der Waals surface area contributed by atoms with Crippen molar-refractivity contribution in [1.82, 2.24) is 4.98 Å². The van der Waals surface area contributed by atoms with Gasteiger partial charge in [-0.1, -0.05) is 6.07 Å². The zero-order valence-electron chi connectivity index (χ0n) is 14.4. The molecule has 0 saturated heterocycles. The molecule has 3 N–H and O–H groups in total. The number of carbonyl (C=O) groups is 1. The van der Waals surface area contributed by atoms with Crippen molar-refractivity contribution in [3.05, 3.63) is 78.0 Å². The fraction of sp³-hybridized carbons (Fsp3) is 0.0952. The summed E-state index contributed by atoms with van der Waals surface area (Å²) in [4.78, 5) is 15.9. The normalized spacial score (nSPS) is 11.4. The molecule has 1 heterocycles. The Hall–Kier alpha value is -3.53. The molecule has 1 atom stereocenters. The summed E-state index contributed by atoms with van der Waals surface area (Å²) in [6.07, 6.45) is -1.33. The van der Waals surface area contributed by atoms with Crippen LogP contribution in [0.25, 0.3) is 11.3 Å². The second-order valence-electron chi connectivity index (χ2n) is 5.78. The van der Waals surface area contributed by atoms with Crippen molar-refractivity contribution < 1.29 is 14.6 Å². The average molecular weight is 359 g/mol. The number of nitriles is 1. The molecular weight excluding hydrogens is 342 g/mol.